The van der Waals surface area contributed by atoms with Gasteiger partial charge in [-0.25, -0.2) is 0 Å². The fraction of sp³-hybridized carbons (Fsp3) is 0.706. The minimum absolute atomic E-state index is 0.00760. The van der Waals surface area contributed by atoms with E-state index >= 15 is 0 Å². The summed E-state index contributed by atoms with van der Waals surface area (Å²) >= 11 is 0. The molecular weight excluding hydrogens is 322 g/mol. The molecule has 1 rings (SSSR count). The number of rotatable bonds is 9. The number of ketones is 1. The third-order valence-electron chi connectivity index (χ3n) is 4.64. The summed E-state index contributed by atoms with van der Waals surface area (Å²) in [6.45, 7) is 3.42. The van der Waals surface area contributed by atoms with Gasteiger partial charge in [-0.15, -0.1) is 0 Å². The highest BCUT2D eigenvalue weighted by Gasteiger charge is 2.64. The molecule has 0 aromatic heterocycles. The van der Waals surface area contributed by atoms with E-state index in [1.807, 2.05) is 6.07 Å². The Bertz CT molecular complexity index is 668. The molecule has 0 radical (unpaired) electrons. The molecule has 0 amide bonds. The number of ether oxygens (including phenoxy) is 1. The van der Waals surface area contributed by atoms with E-state index in [0.29, 0.717) is 32.3 Å². The molecule has 0 N–H and O–H groups in total. The number of carbonyl (C=O) groups excluding carboxylic acids is 2. The Morgan fingerprint density at radius 1 is 1.28 bits per heavy atom. The smallest absolute Gasteiger partial charge is 0.308 e. The van der Waals surface area contributed by atoms with E-state index in [1.165, 1.54) is 6.92 Å². The van der Waals surface area contributed by atoms with Crippen molar-refractivity contribution < 1.29 is 23.9 Å². The van der Waals surface area contributed by atoms with Gasteiger partial charge in [0.25, 0.3) is 5.71 Å². The van der Waals surface area contributed by atoms with E-state index in [2.05, 4.69) is 9.58 Å². The lowest BCUT2D eigenvalue weighted by atomic mass is 9.72. The molecule has 134 valence electrons. The number of hydrogen-bond acceptors (Lipinski definition) is 4. The second-order valence-electron chi connectivity index (χ2n) is 6.10. The molecule has 2 unspecified atom stereocenters. The molecule has 1 aliphatic rings. The topological polar surface area (TPSA) is 140 Å². The van der Waals surface area contributed by atoms with Gasteiger partial charge in [-0.3, -0.25) is 9.59 Å². The monoisotopic (exact) mass is 345 g/mol. The average Bonchev–Trinajstić information content (AvgIpc) is 2.91. The first-order chi connectivity index (χ1) is 12.0. The van der Waals surface area contributed by atoms with E-state index in [4.69, 9.17) is 10.3 Å². The highest BCUT2D eigenvalue weighted by atomic mass is 16.5. The molecule has 0 bridgehead atoms. The maximum atomic E-state index is 12.1. The van der Waals surface area contributed by atoms with Gasteiger partial charge in [-0.2, -0.15) is 14.8 Å². The van der Waals surface area contributed by atoms with Crippen LogP contribution in [0, 0.1) is 22.7 Å². The molecule has 8 nitrogen and oxygen atoms in total. The van der Waals surface area contributed by atoms with Crippen molar-refractivity contribution >= 4 is 23.2 Å². The van der Waals surface area contributed by atoms with Crippen molar-refractivity contribution in [3.05, 3.63) is 11.1 Å². The van der Waals surface area contributed by atoms with Crippen LogP contribution in [0.3, 0.4) is 0 Å². The van der Waals surface area contributed by atoms with Gasteiger partial charge >= 0.3 is 11.7 Å². The highest BCUT2D eigenvalue weighted by Crippen LogP contribution is 2.41. The molecule has 0 aromatic rings. The first kappa shape index (κ1) is 20.4. The van der Waals surface area contributed by atoms with Gasteiger partial charge in [0.05, 0.1) is 18.6 Å². The number of hydrogen-bond donors (Lipinski definition) is 0. The van der Waals surface area contributed by atoms with E-state index in [0.717, 1.165) is 12.8 Å². The predicted molar refractivity (Wildman–Crippen MR) is 88.4 cm³/mol. The quantitative estimate of drug-likeness (QED) is 0.274. The Labute approximate surface area is 147 Å². The fourth-order valence-electron chi connectivity index (χ4n) is 3.36. The largest absolute Gasteiger partial charge is 0.466 e. The fourth-order valence-corrected chi connectivity index (χ4v) is 3.36. The maximum absolute atomic E-state index is 12.1. The first-order valence-electron chi connectivity index (χ1n) is 8.48. The Morgan fingerprint density at radius 2 is 1.96 bits per heavy atom. The molecular formula is C17H23N5O3. The lowest BCUT2D eigenvalue weighted by molar-refractivity contribution is -0.143. The summed E-state index contributed by atoms with van der Waals surface area (Å²) < 4.78 is 4.86. The zero-order valence-corrected chi connectivity index (χ0v) is 14.7. The first-order valence-corrected chi connectivity index (χ1v) is 8.48. The van der Waals surface area contributed by atoms with E-state index in [-0.39, 0.29) is 23.8 Å². The Morgan fingerprint density at radius 3 is 2.48 bits per heavy atom. The normalized spacial score (nSPS) is 22.0. The third kappa shape index (κ3) is 4.48. The summed E-state index contributed by atoms with van der Waals surface area (Å²) in [4.78, 5) is 29.7. The van der Waals surface area contributed by atoms with Crippen LogP contribution < -0.4 is 0 Å². The molecule has 1 saturated carbocycles. The zero-order valence-electron chi connectivity index (χ0n) is 14.7. The molecule has 0 heterocycles. The lowest BCUT2D eigenvalue weighted by Crippen LogP contribution is -2.39. The van der Waals surface area contributed by atoms with Crippen molar-refractivity contribution in [3.8, 4) is 6.07 Å². The maximum Gasteiger partial charge on any atom is 0.308 e. The molecule has 1 aliphatic carbocycles. The number of nitriles is 1. The number of Topliss-reactive ketones (excluding diaryl/α,β-unsaturated/α-hetero) is 1. The van der Waals surface area contributed by atoms with Crippen molar-refractivity contribution in [2.45, 2.75) is 58.8 Å². The molecule has 0 aliphatic heterocycles. The van der Waals surface area contributed by atoms with Crippen molar-refractivity contribution in [1.29, 1.82) is 5.26 Å². The summed E-state index contributed by atoms with van der Waals surface area (Å²) in [6.07, 6.45) is 3.87. The van der Waals surface area contributed by atoms with Crippen molar-refractivity contribution in [2.75, 3.05) is 6.61 Å². The molecule has 0 aromatic carbocycles. The molecule has 0 spiro atoms. The SMILES string of the molecule is CCOC(=O)CCCCCCC1C(=[N+]=[N-])CC(=[N+]=[N-])C1(C#N)C(C)=O. The standard InChI is InChI=1S/C17H23N5O3/c1-3-25-16(24)9-7-5-4-6-8-13-14(21-19)10-15(22-20)17(13,11-18)12(2)23/h13H,3-10H2,1-2H3. The van der Waals surface area contributed by atoms with E-state index in [1.54, 1.807) is 6.92 Å². The molecule has 2 atom stereocenters. The zero-order chi connectivity index (χ0) is 18.9. The highest BCUT2D eigenvalue weighted by molar-refractivity contribution is 6.23. The van der Waals surface area contributed by atoms with Crippen molar-refractivity contribution in [1.82, 2.24) is 0 Å². The van der Waals surface area contributed by atoms with Crippen molar-refractivity contribution in [3.63, 3.8) is 0 Å². The van der Waals surface area contributed by atoms with Crippen LogP contribution in [-0.2, 0) is 14.3 Å². The van der Waals surface area contributed by atoms with Crippen LogP contribution in [0.1, 0.15) is 58.8 Å². The number of esters is 1. The van der Waals surface area contributed by atoms with E-state index in [9.17, 15) is 20.4 Å². The van der Waals surface area contributed by atoms with Gasteiger partial charge in [0.1, 0.15) is 6.42 Å². The minimum Gasteiger partial charge on any atom is -0.466 e. The predicted octanol–water partition coefficient (Wildman–Crippen LogP) is 2.35. The number of nitrogens with zero attached hydrogens (tertiary/aromatic N) is 5. The molecule has 8 heteroatoms. The van der Waals surface area contributed by atoms with Crippen LogP contribution in [0.5, 0.6) is 0 Å². The molecule has 1 fully saturated rings. The Balaban J connectivity index is 2.67. The third-order valence-corrected chi connectivity index (χ3v) is 4.64. The van der Waals surface area contributed by atoms with Crippen LogP contribution in [0.15, 0.2) is 0 Å². The molecule has 25 heavy (non-hydrogen) atoms. The lowest BCUT2D eigenvalue weighted by Gasteiger charge is -2.19. The Hall–Kier alpha value is -2.61. The number of carbonyl (C=O) groups is 2. The van der Waals surface area contributed by atoms with Crippen LogP contribution in [0.2, 0.25) is 0 Å². The summed E-state index contributed by atoms with van der Waals surface area (Å²) in [5, 5.41) is 9.57. The summed E-state index contributed by atoms with van der Waals surface area (Å²) in [7, 11) is 0. The minimum atomic E-state index is -1.57. The summed E-state index contributed by atoms with van der Waals surface area (Å²) in [5.41, 5.74) is 17.1. The Kier molecular flexibility index (Phi) is 7.87. The average molecular weight is 345 g/mol. The molecule has 0 saturated heterocycles. The van der Waals surface area contributed by atoms with Gasteiger partial charge in [0.15, 0.2) is 5.78 Å². The second kappa shape index (κ2) is 9.63. The van der Waals surface area contributed by atoms with Crippen LogP contribution in [-0.4, -0.2) is 39.4 Å². The summed E-state index contributed by atoms with van der Waals surface area (Å²) in [5.74, 6) is -1.23. The van der Waals surface area contributed by atoms with Crippen LogP contribution in [0.25, 0.3) is 11.1 Å². The second-order valence-corrected chi connectivity index (χ2v) is 6.10. The van der Waals surface area contributed by atoms with Gasteiger partial charge in [-0.05, 0) is 26.7 Å². The summed E-state index contributed by atoms with van der Waals surface area (Å²) in [6, 6.07) is 1.98. The van der Waals surface area contributed by atoms with Crippen LogP contribution >= 0.6 is 0 Å². The van der Waals surface area contributed by atoms with Crippen LogP contribution in [0.4, 0.5) is 0 Å². The van der Waals surface area contributed by atoms with Gasteiger partial charge < -0.3 is 15.8 Å². The van der Waals surface area contributed by atoms with E-state index < -0.39 is 17.1 Å². The number of unbranched alkanes of at least 4 members (excludes halogenated alkanes) is 3. The van der Waals surface area contributed by atoms with Gasteiger partial charge in [0.2, 0.25) is 5.41 Å². The van der Waals surface area contributed by atoms with Gasteiger partial charge in [-0.1, -0.05) is 19.3 Å². The van der Waals surface area contributed by atoms with Crippen molar-refractivity contribution in [2.24, 2.45) is 11.3 Å². The van der Waals surface area contributed by atoms with Gasteiger partial charge in [0, 0.05) is 6.42 Å².